The molecule has 0 amide bonds. The summed E-state index contributed by atoms with van der Waals surface area (Å²) >= 11 is 0. The summed E-state index contributed by atoms with van der Waals surface area (Å²) < 4.78 is 0. The first-order valence-corrected chi connectivity index (χ1v) is 5.49. The van der Waals surface area contributed by atoms with Crippen LogP contribution in [0.15, 0.2) is 60.7 Å². The number of hydrogen-bond donors (Lipinski definition) is 1. The van der Waals surface area contributed by atoms with Gasteiger partial charge in [-0.2, -0.15) is 5.26 Å². The summed E-state index contributed by atoms with van der Waals surface area (Å²) in [5.74, 6) is -0.773. The molecule has 2 aromatic rings. The van der Waals surface area contributed by atoms with Crippen LogP contribution in [0.3, 0.4) is 0 Å². The van der Waals surface area contributed by atoms with E-state index in [1.54, 1.807) is 18.2 Å². The Morgan fingerprint density at radius 3 is 2.06 bits per heavy atom. The van der Waals surface area contributed by atoms with Crippen molar-refractivity contribution in [2.24, 2.45) is 0 Å². The van der Waals surface area contributed by atoms with Crippen molar-refractivity contribution < 1.29 is 14.9 Å². The molecule has 0 spiro atoms. The van der Waals surface area contributed by atoms with E-state index >= 15 is 0 Å². The first-order valence-electron chi connectivity index (χ1n) is 5.49. The highest BCUT2D eigenvalue weighted by atomic mass is 17.1. The molecule has 0 radical (unpaired) electrons. The van der Waals surface area contributed by atoms with Crippen molar-refractivity contribution in [3.05, 3.63) is 71.8 Å². The molecule has 3 heteroatoms. The molecule has 0 heterocycles. The van der Waals surface area contributed by atoms with E-state index in [1.807, 2.05) is 48.5 Å². The van der Waals surface area contributed by atoms with Crippen molar-refractivity contribution in [3.8, 4) is 0 Å². The van der Waals surface area contributed by atoms with E-state index in [-0.39, 0.29) is 0 Å². The van der Waals surface area contributed by atoms with Gasteiger partial charge in [-0.3, -0.25) is 4.89 Å². The van der Waals surface area contributed by atoms with Gasteiger partial charge in [0, 0.05) is 0 Å². The molecule has 2 rings (SSSR count). The minimum atomic E-state index is -0.773. The van der Waals surface area contributed by atoms with Crippen LogP contribution in [-0.4, -0.2) is 11.2 Å². The lowest BCUT2D eigenvalue weighted by Crippen LogP contribution is -2.04. The highest BCUT2D eigenvalue weighted by Crippen LogP contribution is 2.19. The van der Waals surface area contributed by atoms with Gasteiger partial charge in [0.2, 0.25) is 0 Å². The SMILES string of the molecule is O=C(OO)C(=Cc1ccccc1)c1ccccc1. The third-order valence-electron chi connectivity index (χ3n) is 2.50. The Balaban J connectivity index is 2.44. The second kappa shape index (κ2) is 5.80. The fourth-order valence-corrected chi connectivity index (χ4v) is 1.64. The largest absolute Gasteiger partial charge is 0.373 e. The summed E-state index contributed by atoms with van der Waals surface area (Å²) in [4.78, 5) is 15.4. The van der Waals surface area contributed by atoms with Gasteiger partial charge in [0.15, 0.2) is 0 Å². The van der Waals surface area contributed by atoms with E-state index in [0.717, 1.165) is 5.56 Å². The number of benzene rings is 2. The fourth-order valence-electron chi connectivity index (χ4n) is 1.64. The molecule has 2 aromatic carbocycles. The molecule has 0 aromatic heterocycles. The van der Waals surface area contributed by atoms with Crippen molar-refractivity contribution in [1.29, 1.82) is 0 Å². The first kappa shape index (κ1) is 12.1. The molecular formula is C15H12O3. The number of carbonyl (C=O) groups is 1. The van der Waals surface area contributed by atoms with Gasteiger partial charge in [-0.1, -0.05) is 60.7 Å². The molecule has 0 fully saturated rings. The minimum absolute atomic E-state index is 0.310. The van der Waals surface area contributed by atoms with Gasteiger partial charge >= 0.3 is 5.97 Å². The molecule has 1 N–H and O–H groups in total. The Bertz CT molecular complexity index is 544. The molecule has 0 aliphatic heterocycles. The quantitative estimate of drug-likeness (QED) is 0.387. The zero-order valence-electron chi connectivity index (χ0n) is 9.61. The number of carbonyl (C=O) groups excluding carboxylic acids is 1. The standard InChI is InChI=1S/C15H12O3/c16-15(18-17)14(13-9-5-2-6-10-13)11-12-7-3-1-4-8-12/h1-11,17H. The normalized spacial score (nSPS) is 11.1. The van der Waals surface area contributed by atoms with Gasteiger partial charge in [0.05, 0.1) is 5.57 Å². The Labute approximate surface area is 105 Å². The van der Waals surface area contributed by atoms with E-state index in [2.05, 4.69) is 4.89 Å². The molecular weight excluding hydrogens is 228 g/mol. The second-order valence-corrected chi connectivity index (χ2v) is 3.71. The van der Waals surface area contributed by atoms with Crippen molar-refractivity contribution >= 4 is 17.6 Å². The highest BCUT2D eigenvalue weighted by molar-refractivity contribution is 6.21. The Hall–Kier alpha value is -2.39. The average molecular weight is 240 g/mol. The lowest BCUT2D eigenvalue weighted by molar-refractivity contribution is -0.226. The lowest BCUT2D eigenvalue weighted by atomic mass is 10.0. The molecule has 0 atom stereocenters. The van der Waals surface area contributed by atoms with Crippen LogP contribution in [0.4, 0.5) is 0 Å². The molecule has 18 heavy (non-hydrogen) atoms. The van der Waals surface area contributed by atoms with Crippen LogP contribution < -0.4 is 0 Å². The van der Waals surface area contributed by atoms with Crippen LogP contribution >= 0.6 is 0 Å². The van der Waals surface area contributed by atoms with Gasteiger partial charge in [-0.25, -0.2) is 4.79 Å². The first-order chi connectivity index (χ1) is 8.81. The predicted octanol–water partition coefficient (Wildman–Crippen LogP) is 3.24. The van der Waals surface area contributed by atoms with Crippen molar-refractivity contribution in [1.82, 2.24) is 0 Å². The molecule has 0 saturated heterocycles. The highest BCUT2D eigenvalue weighted by Gasteiger charge is 2.13. The summed E-state index contributed by atoms with van der Waals surface area (Å²) in [5, 5.41) is 8.55. The van der Waals surface area contributed by atoms with Crippen molar-refractivity contribution in [3.63, 3.8) is 0 Å². The summed E-state index contributed by atoms with van der Waals surface area (Å²) in [5.41, 5.74) is 1.87. The third kappa shape index (κ3) is 2.84. The molecule has 0 aliphatic carbocycles. The van der Waals surface area contributed by atoms with Crippen molar-refractivity contribution in [2.75, 3.05) is 0 Å². The van der Waals surface area contributed by atoms with Crippen LogP contribution in [0.2, 0.25) is 0 Å². The van der Waals surface area contributed by atoms with E-state index in [9.17, 15) is 4.79 Å². The monoisotopic (exact) mass is 240 g/mol. The molecule has 0 bridgehead atoms. The van der Waals surface area contributed by atoms with Crippen LogP contribution in [-0.2, 0) is 9.68 Å². The van der Waals surface area contributed by atoms with Gasteiger partial charge in [0.25, 0.3) is 0 Å². The van der Waals surface area contributed by atoms with Gasteiger partial charge < -0.3 is 0 Å². The zero-order valence-corrected chi connectivity index (χ0v) is 9.61. The lowest BCUT2D eigenvalue weighted by Gasteiger charge is -2.04. The average Bonchev–Trinajstić information content (AvgIpc) is 2.46. The van der Waals surface area contributed by atoms with Gasteiger partial charge in [-0.05, 0) is 17.2 Å². The van der Waals surface area contributed by atoms with Gasteiger partial charge in [-0.15, -0.1) is 0 Å². The molecule has 0 aliphatic rings. The fraction of sp³-hybridized carbons (Fsp3) is 0. The van der Waals surface area contributed by atoms with E-state index in [1.165, 1.54) is 0 Å². The minimum Gasteiger partial charge on any atom is -0.295 e. The van der Waals surface area contributed by atoms with Gasteiger partial charge in [0.1, 0.15) is 0 Å². The topological polar surface area (TPSA) is 46.5 Å². The maximum absolute atomic E-state index is 11.6. The van der Waals surface area contributed by atoms with Crippen molar-refractivity contribution in [2.45, 2.75) is 0 Å². The van der Waals surface area contributed by atoms with E-state index in [0.29, 0.717) is 11.1 Å². The number of rotatable bonds is 3. The molecule has 3 nitrogen and oxygen atoms in total. The molecule has 0 saturated carbocycles. The summed E-state index contributed by atoms with van der Waals surface area (Å²) in [7, 11) is 0. The summed E-state index contributed by atoms with van der Waals surface area (Å²) in [6.45, 7) is 0. The van der Waals surface area contributed by atoms with Crippen LogP contribution in [0.5, 0.6) is 0 Å². The summed E-state index contributed by atoms with van der Waals surface area (Å²) in [6.07, 6.45) is 1.67. The maximum Gasteiger partial charge on any atom is 0.373 e. The zero-order chi connectivity index (χ0) is 12.8. The van der Waals surface area contributed by atoms with Crippen LogP contribution in [0.1, 0.15) is 11.1 Å². The Morgan fingerprint density at radius 1 is 0.944 bits per heavy atom. The van der Waals surface area contributed by atoms with E-state index in [4.69, 9.17) is 5.26 Å². The maximum atomic E-state index is 11.6. The smallest absolute Gasteiger partial charge is 0.295 e. The Morgan fingerprint density at radius 2 is 1.50 bits per heavy atom. The predicted molar refractivity (Wildman–Crippen MR) is 69.5 cm³/mol. The second-order valence-electron chi connectivity index (χ2n) is 3.71. The summed E-state index contributed by atoms with van der Waals surface area (Å²) in [6, 6.07) is 18.4. The molecule has 0 unspecified atom stereocenters. The van der Waals surface area contributed by atoms with E-state index < -0.39 is 5.97 Å². The van der Waals surface area contributed by atoms with Crippen LogP contribution in [0, 0.1) is 0 Å². The number of hydrogen-bond acceptors (Lipinski definition) is 3. The third-order valence-corrected chi connectivity index (χ3v) is 2.50. The van der Waals surface area contributed by atoms with Crippen LogP contribution in [0.25, 0.3) is 11.6 Å². The molecule has 90 valence electrons. The Kier molecular flexibility index (Phi) is 3.89.